The Hall–Kier alpha value is -4.17. The van der Waals surface area contributed by atoms with E-state index in [2.05, 4.69) is 25.4 Å². The van der Waals surface area contributed by atoms with Crippen molar-refractivity contribution in [1.82, 2.24) is 30.0 Å². The molecule has 0 radical (unpaired) electrons. The van der Waals surface area contributed by atoms with Crippen LogP contribution in [0.15, 0.2) is 30.5 Å². The smallest absolute Gasteiger partial charge is 0.405 e. The Bertz CT molecular complexity index is 1200. The molecule has 0 unspecified atom stereocenters. The van der Waals surface area contributed by atoms with Gasteiger partial charge in [0.1, 0.15) is 18.3 Å². The third-order valence-electron chi connectivity index (χ3n) is 5.17. The first-order chi connectivity index (χ1) is 16.6. The van der Waals surface area contributed by atoms with Gasteiger partial charge in [0.05, 0.1) is 13.3 Å². The average molecular weight is 495 g/mol. The molecule has 1 fully saturated rings. The number of nitrogens with one attached hydrogen (secondary N) is 2. The molecule has 1 saturated heterocycles. The zero-order chi connectivity index (χ0) is 25.2. The van der Waals surface area contributed by atoms with Crippen molar-refractivity contribution in [3.63, 3.8) is 0 Å². The van der Waals surface area contributed by atoms with Crippen LogP contribution >= 0.6 is 0 Å². The van der Waals surface area contributed by atoms with Crippen LogP contribution in [0.1, 0.15) is 12.8 Å². The molecule has 0 bridgehead atoms. The zero-order valence-electron chi connectivity index (χ0n) is 18.4. The molecule has 35 heavy (non-hydrogen) atoms. The van der Waals surface area contributed by atoms with Crippen LogP contribution in [0.5, 0.6) is 5.75 Å². The first kappa shape index (κ1) is 24.0. The number of methoxy groups -OCH3 is 1. The van der Waals surface area contributed by atoms with Crippen molar-refractivity contribution in [3.8, 4) is 11.7 Å². The molecule has 1 aliphatic rings. The second-order valence-electron chi connectivity index (χ2n) is 7.58. The molecule has 0 saturated carbocycles. The van der Waals surface area contributed by atoms with E-state index in [1.165, 1.54) is 4.90 Å². The van der Waals surface area contributed by atoms with Gasteiger partial charge in [-0.15, -0.1) is 5.10 Å². The van der Waals surface area contributed by atoms with Crippen LogP contribution in [0.2, 0.25) is 0 Å². The number of anilines is 4. The second-order valence-corrected chi connectivity index (χ2v) is 7.58. The number of ether oxygens (including phenoxy) is 1. The molecule has 3 aromatic rings. The normalized spacial score (nSPS) is 15.8. The highest BCUT2D eigenvalue weighted by Crippen LogP contribution is 2.28. The number of aromatic nitrogens is 5. The van der Waals surface area contributed by atoms with E-state index in [1.807, 2.05) is 5.32 Å². The Morgan fingerprint density at radius 1 is 1.26 bits per heavy atom. The molecular formula is C20H21F4N9O2. The molecule has 0 spiro atoms. The van der Waals surface area contributed by atoms with E-state index in [0.29, 0.717) is 17.9 Å². The van der Waals surface area contributed by atoms with Crippen molar-refractivity contribution < 1.29 is 27.1 Å². The SMILES string of the molecule is COc1ccc(Nc2nc(N)n(-c3ncc(F)c(N4CCC[C@@H]4C(=O)NCC(F)(F)F)n3)n2)cc1. The van der Waals surface area contributed by atoms with Crippen molar-refractivity contribution in [3.05, 3.63) is 36.3 Å². The van der Waals surface area contributed by atoms with Gasteiger partial charge in [0.25, 0.3) is 5.95 Å². The van der Waals surface area contributed by atoms with E-state index in [0.717, 1.165) is 10.9 Å². The average Bonchev–Trinajstić information content (AvgIpc) is 3.45. The van der Waals surface area contributed by atoms with Crippen LogP contribution in [0.3, 0.4) is 0 Å². The molecule has 3 heterocycles. The van der Waals surface area contributed by atoms with Crippen LogP contribution in [-0.2, 0) is 4.79 Å². The summed E-state index contributed by atoms with van der Waals surface area (Å²) in [6.07, 6.45) is -2.99. The Morgan fingerprint density at radius 3 is 2.69 bits per heavy atom. The monoisotopic (exact) mass is 495 g/mol. The molecule has 1 aliphatic heterocycles. The Morgan fingerprint density at radius 2 is 2.00 bits per heavy atom. The van der Waals surface area contributed by atoms with Crippen molar-refractivity contribution in [2.45, 2.75) is 25.1 Å². The fourth-order valence-electron chi connectivity index (χ4n) is 3.58. The van der Waals surface area contributed by atoms with E-state index in [4.69, 9.17) is 10.5 Å². The number of benzene rings is 1. The lowest BCUT2D eigenvalue weighted by Crippen LogP contribution is -2.46. The molecule has 4 N–H and O–H groups in total. The minimum Gasteiger partial charge on any atom is -0.497 e. The summed E-state index contributed by atoms with van der Waals surface area (Å²) in [4.78, 5) is 25.8. The number of hydrogen-bond donors (Lipinski definition) is 3. The maximum absolute atomic E-state index is 14.6. The quantitative estimate of drug-likeness (QED) is 0.421. The van der Waals surface area contributed by atoms with Gasteiger partial charge in [0.15, 0.2) is 11.6 Å². The molecule has 11 nitrogen and oxygen atoms in total. The van der Waals surface area contributed by atoms with Crippen LogP contribution in [0.25, 0.3) is 5.95 Å². The van der Waals surface area contributed by atoms with Crippen molar-refractivity contribution >= 4 is 29.3 Å². The Kier molecular flexibility index (Phi) is 6.57. The van der Waals surface area contributed by atoms with Gasteiger partial charge in [-0.05, 0) is 37.1 Å². The van der Waals surface area contributed by atoms with Crippen molar-refractivity contribution in [1.29, 1.82) is 0 Å². The summed E-state index contributed by atoms with van der Waals surface area (Å²) in [6, 6.07) is 5.92. The summed E-state index contributed by atoms with van der Waals surface area (Å²) in [5.41, 5.74) is 6.59. The number of halogens is 4. The highest BCUT2D eigenvalue weighted by Gasteiger charge is 2.36. The molecule has 0 aliphatic carbocycles. The topological polar surface area (TPSA) is 136 Å². The molecular weight excluding hydrogens is 474 g/mol. The largest absolute Gasteiger partial charge is 0.497 e. The summed E-state index contributed by atoms with van der Waals surface area (Å²) in [5, 5.41) is 8.98. The van der Waals surface area contributed by atoms with Gasteiger partial charge in [0, 0.05) is 12.2 Å². The lowest BCUT2D eigenvalue weighted by Gasteiger charge is -2.25. The first-order valence-electron chi connectivity index (χ1n) is 10.4. The number of nitrogens with two attached hydrogens (primary N) is 1. The van der Waals surface area contributed by atoms with E-state index in [9.17, 15) is 22.4 Å². The molecule has 2 aromatic heterocycles. The van der Waals surface area contributed by atoms with Gasteiger partial charge in [0.2, 0.25) is 17.8 Å². The fraction of sp³-hybridized carbons (Fsp3) is 0.350. The molecule has 1 amide bonds. The van der Waals surface area contributed by atoms with Gasteiger partial charge in [-0.2, -0.15) is 27.8 Å². The summed E-state index contributed by atoms with van der Waals surface area (Å²) < 4.78 is 58.3. The van der Waals surface area contributed by atoms with Crippen LogP contribution in [0.4, 0.5) is 41.0 Å². The van der Waals surface area contributed by atoms with E-state index in [1.54, 1.807) is 31.4 Å². The second kappa shape index (κ2) is 9.60. The molecule has 15 heteroatoms. The van der Waals surface area contributed by atoms with E-state index in [-0.39, 0.29) is 36.6 Å². The number of alkyl halides is 3. The summed E-state index contributed by atoms with van der Waals surface area (Å²) in [6.45, 7) is -1.26. The predicted octanol–water partition coefficient (Wildman–Crippen LogP) is 2.18. The van der Waals surface area contributed by atoms with Crippen LogP contribution < -0.4 is 26.0 Å². The van der Waals surface area contributed by atoms with Gasteiger partial charge in [-0.1, -0.05) is 0 Å². The molecule has 1 atom stereocenters. The number of nitrogen functional groups attached to an aromatic ring is 1. The molecule has 4 rings (SSSR count). The fourth-order valence-corrected chi connectivity index (χ4v) is 3.58. The number of carbonyl (C=O) groups excluding carboxylic acids is 1. The summed E-state index contributed by atoms with van der Waals surface area (Å²) in [5.74, 6) is -1.42. The third kappa shape index (κ3) is 5.50. The number of rotatable bonds is 7. The van der Waals surface area contributed by atoms with Gasteiger partial charge < -0.3 is 26.0 Å². The Balaban J connectivity index is 1.55. The predicted molar refractivity (Wildman–Crippen MR) is 117 cm³/mol. The van der Waals surface area contributed by atoms with E-state index >= 15 is 0 Å². The highest BCUT2D eigenvalue weighted by molar-refractivity contribution is 5.85. The third-order valence-corrected chi connectivity index (χ3v) is 5.17. The van der Waals surface area contributed by atoms with Gasteiger partial charge >= 0.3 is 6.18 Å². The standard InChI is InChI=1S/C20H21F4N9O2/c1-35-12-6-4-11(5-7-12)28-18-30-17(25)33(31-18)19-26-9-13(21)15(29-19)32-8-2-3-14(32)16(34)27-10-20(22,23)24/h4-7,9,14H,2-3,8,10H2,1H3,(H,27,34)(H3,25,28,30,31)/t14-/m1/s1. The summed E-state index contributed by atoms with van der Waals surface area (Å²) in [7, 11) is 1.54. The summed E-state index contributed by atoms with van der Waals surface area (Å²) >= 11 is 0. The molecule has 186 valence electrons. The van der Waals surface area contributed by atoms with Crippen molar-refractivity contribution in [2.24, 2.45) is 0 Å². The maximum atomic E-state index is 14.6. The lowest BCUT2D eigenvalue weighted by molar-refractivity contribution is -0.139. The lowest BCUT2D eigenvalue weighted by atomic mass is 10.2. The van der Waals surface area contributed by atoms with Gasteiger partial charge in [-0.25, -0.2) is 9.37 Å². The first-order valence-corrected chi connectivity index (χ1v) is 10.4. The maximum Gasteiger partial charge on any atom is 0.405 e. The minimum absolute atomic E-state index is 0.0977. The van der Waals surface area contributed by atoms with Crippen molar-refractivity contribution in [2.75, 3.05) is 36.1 Å². The molecule has 1 aromatic carbocycles. The zero-order valence-corrected chi connectivity index (χ0v) is 18.4. The van der Waals surface area contributed by atoms with E-state index < -0.39 is 30.5 Å². The Labute approximate surface area is 196 Å². The van der Waals surface area contributed by atoms with Crippen LogP contribution in [0, 0.1) is 5.82 Å². The minimum atomic E-state index is -4.56. The number of nitrogens with zero attached hydrogens (tertiary/aromatic N) is 6. The van der Waals surface area contributed by atoms with Gasteiger partial charge in [-0.3, -0.25) is 4.79 Å². The number of amides is 1. The number of carbonyl (C=O) groups is 1. The van der Waals surface area contributed by atoms with Crippen LogP contribution in [-0.4, -0.2) is 63.1 Å². The number of hydrogen-bond acceptors (Lipinski definition) is 9. The highest BCUT2D eigenvalue weighted by atomic mass is 19.4.